The van der Waals surface area contributed by atoms with E-state index in [1.54, 1.807) is 23.5 Å². The third-order valence-electron chi connectivity index (χ3n) is 3.22. The summed E-state index contributed by atoms with van der Waals surface area (Å²) in [6.45, 7) is 2.97. The fourth-order valence-electron chi connectivity index (χ4n) is 2.05. The highest BCUT2D eigenvalue weighted by atomic mass is 32.1. The minimum absolute atomic E-state index is 0.297. The molecule has 0 fully saturated rings. The molecule has 0 radical (unpaired) electrons. The molecular weight excluding hydrogens is 270 g/mol. The Morgan fingerprint density at radius 2 is 2.05 bits per heavy atom. The summed E-state index contributed by atoms with van der Waals surface area (Å²) < 4.78 is 4.69. The molecule has 1 heterocycles. The van der Waals surface area contributed by atoms with E-state index in [1.165, 1.54) is 12.0 Å². The van der Waals surface area contributed by atoms with Gasteiger partial charge in [0.05, 0.1) is 12.7 Å². The van der Waals surface area contributed by atoms with Crippen molar-refractivity contribution in [2.45, 2.75) is 25.9 Å². The van der Waals surface area contributed by atoms with E-state index >= 15 is 0 Å². The zero-order valence-corrected chi connectivity index (χ0v) is 12.6. The molecule has 106 valence electrons. The third kappa shape index (κ3) is 3.68. The highest BCUT2D eigenvalue weighted by Gasteiger charge is 2.10. The Labute approximate surface area is 123 Å². The quantitative estimate of drug-likeness (QED) is 0.823. The molecule has 2 rings (SSSR count). The number of carbonyl (C=O) groups excluding carboxylic acids is 1. The van der Waals surface area contributed by atoms with Gasteiger partial charge in [0.2, 0.25) is 0 Å². The van der Waals surface area contributed by atoms with Gasteiger partial charge in [0, 0.05) is 17.5 Å². The lowest BCUT2D eigenvalue weighted by Crippen LogP contribution is -2.19. The predicted octanol–water partition coefficient (Wildman–Crippen LogP) is 3.78. The van der Waals surface area contributed by atoms with E-state index in [2.05, 4.69) is 34.5 Å². The molecule has 0 spiro atoms. The number of hydrogen-bond acceptors (Lipinski definition) is 4. The second-order valence-electron chi connectivity index (χ2n) is 4.55. The van der Waals surface area contributed by atoms with Crippen molar-refractivity contribution >= 4 is 17.3 Å². The summed E-state index contributed by atoms with van der Waals surface area (Å²) in [6, 6.07) is 12.1. The summed E-state index contributed by atoms with van der Waals surface area (Å²) in [4.78, 5) is 12.7. The van der Waals surface area contributed by atoms with Gasteiger partial charge >= 0.3 is 5.97 Å². The Bertz CT molecular complexity index is 534. The lowest BCUT2D eigenvalue weighted by atomic mass is 10.1. The molecule has 20 heavy (non-hydrogen) atoms. The van der Waals surface area contributed by atoms with Gasteiger partial charge < -0.3 is 10.1 Å². The van der Waals surface area contributed by atoms with E-state index in [0.29, 0.717) is 11.6 Å². The molecule has 0 bridgehead atoms. The lowest BCUT2D eigenvalue weighted by molar-refractivity contribution is 0.0600. The Morgan fingerprint density at radius 1 is 1.30 bits per heavy atom. The highest BCUT2D eigenvalue weighted by molar-refractivity contribution is 7.10. The molecule has 3 nitrogen and oxygen atoms in total. The van der Waals surface area contributed by atoms with E-state index in [4.69, 9.17) is 0 Å². The largest absolute Gasteiger partial charge is 0.465 e. The van der Waals surface area contributed by atoms with Gasteiger partial charge in [-0.15, -0.1) is 11.3 Å². The number of thiophene rings is 1. The number of carbonyl (C=O) groups is 1. The average Bonchev–Trinajstić information content (AvgIpc) is 3.02. The van der Waals surface area contributed by atoms with Crippen LogP contribution in [-0.4, -0.2) is 13.1 Å². The molecule has 1 atom stereocenters. The van der Waals surface area contributed by atoms with Crippen molar-refractivity contribution in [2.75, 3.05) is 7.11 Å². The first-order chi connectivity index (χ1) is 9.74. The van der Waals surface area contributed by atoms with Gasteiger partial charge in [-0.3, -0.25) is 0 Å². The number of esters is 1. The molecule has 1 N–H and O–H groups in total. The fraction of sp³-hybridized carbons (Fsp3) is 0.312. The maximum Gasteiger partial charge on any atom is 0.337 e. The van der Waals surface area contributed by atoms with Crippen LogP contribution in [0.15, 0.2) is 41.8 Å². The van der Waals surface area contributed by atoms with Gasteiger partial charge in [-0.1, -0.05) is 25.1 Å². The minimum Gasteiger partial charge on any atom is -0.465 e. The zero-order chi connectivity index (χ0) is 14.4. The standard InChI is InChI=1S/C16H19NO2S/c1-3-14(15-5-4-10-20-15)17-11-12-6-8-13(9-7-12)16(18)19-2/h4-10,14,17H,3,11H2,1-2H3. The summed E-state index contributed by atoms with van der Waals surface area (Å²) >= 11 is 1.78. The molecule has 2 aromatic rings. The molecular formula is C16H19NO2S. The van der Waals surface area contributed by atoms with E-state index in [1.807, 2.05) is 12.1 Å². The van der Waals surface area contributed by atoms with Crippen LogP contribution in [0.4, 0.5) is 0 Å². The molecule has 1 unspecified atom stereocenters. The Balaban J connectivity index is 1.95. The molecule has 4 heteroatoms. The first-order valence-electron chi connectivity index (χ1n) is 6.68. The summed E-state index contributed by atoms with van der Waals surface area (Å²) in [7, 11) is 1.39. The average molecular weight is 289 g/mol. The summed E-state index contributed by atoms with van der Waals surface area (Å²) in [6.07, 6.45) is 1.06. The lowest BCUT2D eigenvalue weighted by Gasteiger charge is -2.15. The van der Waals surface area contributed by atoms with Gasteiger partial charge in [-0.05, 0) is 35.6 Å². The van der Waals surface area contributed by atoms with E-state index < -0.39 is 0 Å². The summed E-state index contributed by atoms with van der Waals surface area (Å²) in [5.41, 5.74) is 1.74. The number of nitrogens with one attached hydrogen (secondary N) is 1. The molecule has 1 aromatic carbocycles. The molecule has 0 aliphatic heterocycles. The number of rotatable bonds is 6. The van der Waals surface area contributed by atoms with Gasteiger partial charge in [-0.2, -0.15) is 0 Å². The molecule has 0 aliphatic rings. The first-order valence-corrected chi connectivity index (χ1v) is 7.56. The van der Waals surface area contributed by atoms with Crippen LogP contribution < -0.4 is 5.32 Å². The Morgan fingerprint density at radius 3 is 2.60 bits per heavy atom. The third-order valence-corrected chi connectivity index (χ3v) is 4.21. The fourth-order valence-corrected chi connectivity index (χ4v) is 2.94. The molecule has 0 aliphatic carbocycles. The van der Waals surface area contributed by atoms with Crippen LogP contribution in [0, 0.1) is 0 Å². The summed E-state index contributed by atoms with van der Waals surface area (Å²) in [5.74, 6) is -0.297. The van der Waals surface area contributed by atoms with Crippen molar-refractivity contribution in [3.63, 3.8) is 0 Å². The van der Waals surface area contributed by atoms with Gasteiger partial charge in [0.1, 0.15) is 0 Å². The van der Waals surface area contributed by atoms with Crippen molar-refractivity contribution in [3.8, 4) is 0 Å². The normalized spacial score (nSPS) is 12.1. The number of ether oxygens (including phenoxy) is 1. The minimum atomic E-state index is -0.297. The van der Waals surface area contributed by atoms with Crippen LogP contribution in [0.3, 0.4) is 0 Å². The maximum absolute atomic E-state index is 11.4. The van der Waals surface area contributed by atoms with E-state index in [-0.39, 0.29) is 5.97 Å². The van der Waals surface area contributed by atoms with Crippen molar-refractivity contribution in [3.05, 3.63) is 57.8 Å². The number of methoxy groups -OCH3 is 1. The van der Waals surface area contributed by atoms with Gasteiger partial charge in [0.25, 0.3) is 0 Å². The van der Waals surface area contributed by atoms with Crippen LogP contribution in [0.5, 0.6) is 0 Å². The molecule has 1 aromatic heterocycles. The second-order valence-corrected chi connectivity index (χ2v) is 5.52. The summed E-state index contributed by atoms with van der Waals surface area (Å²) in [5, 5.41) is 5.65. The SMILES string of the molecule is CCC(NCc1ccc(C(=O)OC)cc1)c1cccs1. The highest BCUT2D eigenvalue weighted by Crippen LogP contribution is 2.22. The van der Waals surface area contributed by atoms with Crippen LogP contribution >= 0.6 is 11.3 Å². The van der Waals surface area contributed by atoms with Crippen LogP contribution in [0.25, 0.3) is 0 Å². The topological polar surface area (TPSA) is 38.3 Å². The van der Waals surface area contributed by atoms with Gasteiger partial charge in [-0.25, -0.2) is 4.79 Å². The van der Waals surface area contributed by atoms with E-state index in [0.717, 1.165) is 18.5 Å². The van der Waals surface area contributed by atoms with E-state index in [9.17, 15) is 4.79 Å². The second kappa shape index (κ2) is 7.22. The van der Waals surface area contributed by atoms with Gasteiger partial charge in [0.15, 0.2) is 0 Å². The van der Waals surface area contributed by atoms with Crippen LogP contribution in [0.1, 0.15) is 40.2 Å². The van der Waals surface area contributed by atoms with Crippen LogP contribution in [0.2, 0.25) is 0 Å². The van der Waals surface area contributed by atoms with Crippen molar-refractivity contribution < 1.29 is 9.53 Å². The monoisotopic (exact) mass is 289 g/mol. The smallest absolute Gasteiger partial charge is 0.337 e. The Hall–Kier alpha value is -1.65. The molecule has 0 saturated heterocycles. The first kappa shape index (κ1) is 14.8. The molecule has 0 amide bonds. The predicted molar refractivity (Wildman–Crippen MR) is 82.0 cm³/mol. The Kier molecular flexibility index (Phi) is 5.32. The van der Waals surface area contributed by atoms with Crippen molar-refractivity contribution in [2.24, 2.45) is 0 Å². The molecule has 0 saturated carbocycles. The van der Waals surface area contributed by atoms with Crippen molar-refractivity contribution in [1.82, 2.24) is 5.32 Å². The zero-order valence-electron chi connectivity index (χ0n) is 11.8. The number of benzene rings is 1. The van der Waals surface area contributed by atoms with Crippen molar-refractivity contribution in [1.29, 1.82) is 0 Å². The number of hydrogen-bond donors (Lipinski definition) is 1. The van der Waals surface area contributed by atoms with Crippen LogP contribution in [-0.2, 0) is 11.3 Å². The maximum atomic E-state index is 11.4.